The summed E-state index contributed by atoms with van der Waals surface area (Å²) in [4.78, 5) is 29.9. The number of halogens is 1. The van der Waals surface area contributed by atoms with E-state index < -0.39 is 40.4 Å². The molecule has 0 aliphatic rings. The number of anilines is 1. The average molecular weight is 613 g/mol. The highest BCUT2D eigenvalue weighted by atomic mass is 32.2. The fourth-order valence-corrected chi connectivity index (χ4v) is 3.81. The lowest BCUT2D eigenvalue weighted by Gasteiger charge is -2.20. The van der Waals surface area contributed by atoms with E-state index in [0.29, 0.717) is 29.1 Å². The molecule has 42 heavy (non-hydrogen) atoms. The Morgan fingerprint density at radius 3 is 2.29 bits per heavy atom. The van der Waals surface area contributed by atoms with Crippen LogP contribution in [0.3, 0.4) is 0 Å². The number of esters is 1. The first-order valence-corrected chi connectivity index (χ1v) is 15.2. The zero-order chi connectivity index (χ0) is 32.0. The number of aliphatic hydroxyl groups excluding tert-OH is 2. The predicted molar refractivity (Wildman–Crippen MR) is 158 cm³/mol. The number of benzene rings is 1. The monoisotopic (exact) mass is 612 g/mol. The van der Waals surface area contributed by atoms with Crippen LogP contribution in [0.25, 0.3) is 17.3 Å². The highest BCUT2D eigenvalue weighted by Crippen LogP contribution is 2.31. The lowest BCUT2D eigenvalue weighted by Crippen LogP contribution is -2.27. The lowest BCUT2D eigenvalue weighted by molar-refractivity contribution is -0.142. The summed E-state index contributed by atoms with van der Waals surface area (Å²) in [5.74, 6) is -2.18. The highest BCUT2D eigenvalue weighted by Gasteiger charge is 2.22. The molecule has 0 aliphatic carbocycles. The van der Waals surface area contributed by atoms with Crippen LogP contribution in [-0.2, 0) is 24.3 Å². The van der Waals surface area contributed by atoms with E-state index >= 15 is 0 Å². The number of carboxylic acids is 1. The van der Waals surface area contributed by atoms with Gasteiger partial charge in [-0.1, -0.05) is 39.3 Å². The van der Waals surface area contributed by atoms with Crippen LogP contribution in [0.15, 0.2) is 30.3 Å². The number of hydrogen-bond donors (Lipinski definition) is 4. The van der Waals surface area contributed by atoms with Crippen LogP contribution in [0.1, 0.15) is 63.6 Å². The van der Waals surface area contributed by atoms with E-state index in [1.54, 1.807) is 0 Å². The van der Waals surface area contributed by atoms with Crippen molar-refractivity contribution >= 4 is 34.0 Å². The zero-order valence-corrected chi connectivity index (χ0v) is 25.3. The fraction of sp³-hybridized carbons (Fsp3) is 0.500. The van der Waals surface area contributed by atoms with Crippen LogP contribution in [-0.4, -0.2) is 84.3 Å². The molecule has 0 bridgehead atoms. The largest absolute Gasteiger partial charge is 0.481 e. The number of carboxylic acid groups (broad SMARTS) is 1. The topological polar surface area (TPSA) is 193 Å². The van der Waals surface area contributed by atoms with E-state index in [4.69, 9.17) is 10.8 Å². The average Bonchev–Trinajstić information content (AvgIpc) is 2.90. The molecule has 0 radical (unpaired) electrons. The Hall–Kier alpha value is -3.46. The zero-order valence-electron chi connectivity index (χ0n) is 24.5. The first-order chi connectivity index (χ1) is 19.6. The summed E-state index contributed by atoms with van der Waals surface area (Å²) in [5, 5.41) is 28.8. The number of nitrogens with zero attached hydrogens (tertiary/aromatic N) is 3. The van der Waals surface area contributed by atoms with Crippen LogP contribution in [0, 0.1) is 5.82 Å². The summed E-state index contributed by atoms with van der Waals surface area (Å²) in [5.41, 5.74) is 6.78. The second-order valence-corrected chi connectivity index (χ2v) is 11.8. The minimum atomic E-state index is -3.65. The maximum atomic E-state index is 13.5. The standard InChI is InChI=1S/C22H28FN3O6S.C6H13NO2/c1-13(2)20-18(10-9-16(27)11-17(28)12-19(29)30)21(14-5-7-15(23)8-6-14)25-22(24-20)26(3)33(4,31)32;1-2-3-4-9-6(8)5-7/h5-10,13,16-17,27-28H,11-12H2,1-4H3,(H,29,30);2-5,7H2,1H3/b10-9+;/t16-,17-;/m1./s1. The van der Waals surface area contributed by atoms with Crippen molar-refractivity contribution in [1.29, 1.82) is 0 Å². The van der Waals surface area contributed by atoms with Gasteiger partial charge < -0.3 is 25.8 Å². The number of hydrogen-bond acceptors (Lipinski definition) is 10. The van der Waals surface area contributed by atoms with Gasteiger partial charge in [-0.05, 0) is 36.6 Å². The summed E-state index contributed by atoms with van der Waals surface area (Å²) in [7, 11) is -2.33. The van der Waals surface area contributed by atoms with Gasteiger partial charge in [-0.15, -0.1) is 0 Å². The number of aliphatic hydroxyl groups is 2. The maximum Gasteiger partial charge on any atom is 0.319 e. The number of rotatable bonds is 14. The normalized spacial score (nSPS) is 12.9. The van der Waals surface area contributed by atoms with Crippen molar-refractivity contribution in [3.8, 4) is 11.3 Å². The maximum absolute atomic E-state index is 13.5. The van der Waals surface area contributed by atoms with E-state index in [-0.39, 0.29) is 30.8 Å². The van der Waals surface area contributed by atoms with E-state index in [2.05, 4.69) is 14.7 Å². The summed E-state index contributed by atoms with van der Waals surface area (Å²) < 4.78 is 43.3. The van der Waals surface area contributed by atoms with Crippen molar-refractivity contribution in [3.05, 3.63) is 47.4 Å². The molecule has 0 unspecified atom stereocenters. The summed E-state index contributed by atoms with van der Waals surface area (Å²) in [6, 6.07) is 5.49. The van der Waals surface area contributed by atoms with Crippen LogP contribution in [0.5, 0.6) is 0 Å². The number of carbonyl (C=O) groups excluding carboxylic acids is 1. The molecule has 0 amide bonds. The van der Waals surface area contributed by atoms with Gasteiger partial charge in [0.25, 0.3) is 0 Å². The number of unbranched alkanes of at least 4 members (excludes halogenated alkanes) is 1. The predicted octanol–water partition coefficient (Wildman–Crippen LogP) is 2.69. The third-order valence-corrected chi connectivity index (χ3v) is 6.90. The number of aromatic nitrogens is 2. The van der Waals surface area contributed by atoms with Crippen molar-refractivity contribution in [1.82, 2.24) is 9.97 Å². The third kappa shape index (κ3) is 12.6. The minimum absolute atomic E-state index is 0.0102. The van der Waals surface area contributed by atoms with Crippen molar-refractivity contribution in [2.45, 2.75) is 64.6 Å². The number of ether oxygens (including phenoxy) is 1. The SMILES string of the molecule is CC(C)c1nc(N(C)S(C)(=O)=O)nc(-c2ccc(F)cc2)c1/C=C/[C@@H](O)C[C@@H](O)CC(=O)O.CCCCOC(=O)CN. The first kappa shape index (κ1) is 36.6. The molecule has 12 nitrogen and oxygen atoms in total. The molecule has 2 atom stereocenters. The Kier molecular flexibility index (Phi) is 15.2. The summed E-state index contributed by atoms with van der Waals surface area (Å²) in [6.45, 7) is 6.24. The van der Waals surface area contributed by atoms with Gasteiger partial charge in [-0.2, -0.15) is 0 Å². The van der Waals surface area contributed by atoms with Gasteiger partial charge in [0.2, 0.25) is 16.0 Å². The van der Waals surface area contributed by atoms with Gasteiger partial charge >= 0.3 is 11.9 Å². The smallest absolute Gasteiger partial charge is 0.319 e. The summed E-state index contributed by atoms with van der Waals surface area (Å²) >= 11 is 0. The Balaban J connectivity index is 0.000000844. The van der Waals surface area contributed by atoms with Gasteiger partial charge in [0.15, 0.2) is 0 Å². The molecular weight excluding hydrogens is 571 g/mol. The van der Waals surface area contributed by atoms with E-state index in [1.165, 1.54) is 43.5 Å². The molecular formula is C28H41FN4O8S. The molecule has 5 N–H and O–H groups in total. The number of carbonyl (C=O) groups is 2. The third-order valence-electron chi connectivity index (χ3n) is 5.74. The molecule has 2 aromatic rings. The fourth-order valence-electron chi connectivity index (χ4n) is 3.43. The molecule has 0 saturated carbocycles. The molecule has 1 aromatic carbocycles. The van der Waals surface area contributed by atoms with Crippen molar-refractivity contribution < 1.29 is 42.5 Å². The van der Waals surface area contributed by atoms with Gasteiger partial charge in [-0.3, -0.25) is 9.59 Å². The second-order valence-electron chi connectivity index (χ2n) is 9.76. The Bertz CT molecular complexity index is 1300. The number of nitrogens with two attached hydrogens (primary N) is 1. The van der Waals surface area contributed by atoms with Crippen LogP contribution in [0.2, 0.25) is 0 Å². The van der Waals surface area contributed by atoms with Crippen molar-refractivity contribution in [2.24, 2.45) is 5.73 Å². The number of sulfonamides is 1. The Morgan fingerprint density at radius 2 is 1.79 bits per heavy atom. The number of aliphatic carboxylic acids is 1. The molecule has 0 spiro atoms. The van der Waals surface area contributed by atoms with Crippen LogP contribution in [0.4, 0.5) is 10.3 Å². The van der Waals surface area contributed by atoms with Crippen LogP contribution < -0.4 is 10.0 Å². The van der Waals surface area contributed by atoms with Gasteiger partial charge in [0.1, 0.15) is 5.82 Å². The molecule has 14 heteroatoms. The molecule has 234 valence electrons. The van der Waals surface area contributed by atoms with Crippen molar-refractivity contribution in [3.63, 3.8) is 0 Å². The van der Waals surface area contributed by atoms with Gasteiger partial charge in [0.05, 0.1) is 49.4 Å². The molecule has 0 aliphatic heterocycles. The van der Waals surface area contributed by atoms with Crippen molar-refractivity contribution in [2.75, 3.05) is 30.8 Å². The molecule has 1 heterocycles. The molecule has 2 rings (SSSR count). The molecule has 1 aromatic heterocycles. The van der Waals surface area contributed by atoms with Gasteiger partial charge in [-0.25, -0.2) is 27.1 Å². The second kappa shape index (κ2) is 17.5. The van der Waals surface area contributed by atoms with Crippen LogP contribution >= 0.6 is 0 Å². The van der Waals surface area contributed by atoms with E-state index in [1.807, 2.05) is 20.8 Å². The Labute approximate surface area is 246 Å². The molecule has 0 fully saturated rings. The quantitative estimate of drug-likeness (QED) is 0.181. The minimum Gasteiger partial charge on any atom is -0.481 e. The lowest BCUT2D eigenvalue weighted by atomic mass is 9.97. The van der Waals surface area contributed by atoms with E-state index in [9.17, 15) is 32.6 Å². The Morgan fingerprint density at radius 1 is 1.17 bits per heavy atom. The summed E-state index contributed by atoms with van der Waals surface area (Å²) in [6.07, 6.45) is 2.82. The van der Waals surface area contributed by atoms with E-state index in [0.717, 1.165) is 23.4 Å². The first-order valence-electron chi connectivity index (χ1n) is 13.3. The highest BCUT2D eigenvalue weighted by molar-refractivity contribution is 7.92. The van der Waals surface area contributed by atoms with Gasteiger partial charge in [0, 0.05) is 24.6 Å². The molecule has 0 saturated heterocycles.